The molecule has 0 fully saturated rings. The smallest absolute Gasteiger partial charge is 0.429 e. The third-order valence-electron chi connectivity index (χ3n) is 4.42. The minimum absolute atomic E-state index is 0.124. The van der Waals surface area contributed by atoms with E-state index in [-0.39, 0.29) is 30.3 Å². The molecule has 2 rings (SSSR count). The highest BCUT2D eigenvalue weighted by molar-refractivity contribution is 5.98. The summed E-state index contributed by atoms with van der Waals surface area (Å²) in [5.41, 5.74) is -1.76. The number of carbonyl (C=O) groups excluding carboxylic acids is 1. The van der Waals surface area contributed by atoms with E-state index >= 15 is 0 Å². The maximum atomic E-state index is 14.5. The molecular formula is C20H21F5N6O2. The molecule has 0 saturated carbocycles. The van der Waals surface area contributed by atoms with E-state index in [4.69, 9.17) is 4.74 Å². The van der Waals surface area contributed by atoms with Crippen molar-refractivity contribution in [3.05, 3.63) is 53.8 Å². The van der Waals surface area contributed by atoms with Crippen LogP contribution in [0, 0.1) is 11.6 Å². The van der Waals surface area contributed by atoms with Crippen LogP contribution in [0.15, 0.2) is 46.6 Å². The van der Waals surface area contributed by atoms with E-state index in [9.17, 15) is 26.7 Å². The third kappa shape index (κ3) is 6.43. The van der Waals surface area contributed by atoms with Crippen molar-refractivity contribution < 1.29 is 31.5 Å². The van der Waals surface area contributed by atoms with Gasteiger partial charge in [-0.1, -0.05) is 0 Å². The van der Waals surface area contributed by atoms with Gasteiger partial charge in [0.1, 0.15) is 23.8 Å². The summed E-state index contributed by atoms with van der Waals surface area (Å²) in [6.45, 7) is 7.12. The van der Waals surface area contributed by atoms with E-state index in [2.05, 4.69) is 26.9 Å². The van der Waals surface area contributed by atoms with Gasteiger partial charge in [0.15, 0.2) is 5.82 Å². The lowest BCUT2D eigenvalue weighted by Crippen LogP contribution is -2.41. The molecule has 0 aliphatic rings. The van der Waals surface area contributed by atoms with E-state index < -0.39 is 35.5 Å². The second-order valence-electron chi connectivity index (χ2n) is 6.69. The van der Waals surface area contributed by atoms with Crippen molar-refractivity contribution in [1.82, 2.24) is 19.9 Å². The zero-order valence-corrected chi connectivity index (χ0v) is 18.0. The van der Waals surface area contributed by atoms with Gasteiger partial charge >= 0.3 is 6.18 Å². The Morgan fingerprint density at radius 1 is 1.30 bits per heavy atom. The number of alkyl halides is 3. The molecule has 0 spiro atoms. The zero-order chi connectivity index (χ0) is 24.8. The number of ether oxygens (including phenoxy) is 1. The van der Waals surface area contributed by atoms with Crippen LogP contribution in [0.4, 0.5) is 22.0 Å². The number of carbonyl (C=O) groups is 1. The Kier molecular flexibility index (Phi) is 8.38. The molecule has 0 radical (unpaired) electrons. The van der Waals surface area contributed by atoms with Crippen molar-refractivity contribution in [3.63, 3.8) is 0 Å². The molecule has 1 atom stereocenters. The molecule has 0 N–H and O–H groups in total. The highest BCUT2D eigenvalue weighted by Crippen LogP contribution is 2.22. The average Bonchev–Trinajstić information content (AvgIpc) is 3.27. The molecule has 33 heavy (non-hydrogen) atoms. The summed E-state index contributed by atoms with van der Waals surface area (Å²) < 4.78 is 71.4. The topological polar surface area (TPSA) is 85.0 Å². The van der Waals surface area contributed by atoms with Crippen LogP contribution < -0.4 is 0 Å². The Balaban J connectivity index is 2.25. The summed E-state index contributed by atoms with van der Waals surface area (Å²) in [6.07, 6.45) is -1.32. The largest absolute Gasteiger partial charge is 0.474 e. The quantitative estimate of drug-likeness (QED) is 0.314. The first-order chi connectivity index (χ1) is 15.5. The van der Waals surface area contributed by atoms with Gasteiger partial charge in [-0.15, -0.1) is 4.80 Å². The molecule has 0 saturated heterocycles. The molecule has 0 aliphatic carbocycles. The van der Waals surface area contributed by atoms with Crippen LogP contribution in [-0.2, 0) is 4.74 Å². The number of aliphatic imine (C=N–C) groups is 2. The van der Waals surface area contributed by atoms with Crippen LogP contribution >= 0.6 is 0 Å². The fraction of sp³-hybridized carbons (Fsp3) is 0.350. The Bertz CT molecular complexity index is 1050. The first-order valence-corrected chi connectivity index (χ1v) is 9.57. The van der Waals surface area contributed by atoms with Crippen LogP contribution in [0.3, 0.4) is 0 Å². The fourth-order valence-electron chi connectivity index (χ4n) is 2.72. The first-order valence-electron chi connectivity index (χ1n) is 9.57. The highest BCUT2D eigenvalue weighted by Gasteiger charge is 2.31. The molecule has 1 amide bonds. The SMILES string of the molecule is C=N/C(=C\N=C(C)C(F)(F)F)OC[C@H](C)N(CC)C(=O)c1cc(F)cc(F)c1-n1nccn1. The van der Waals surface area contributed by atoms with Crippen molar-refractivity contribution in [2.24, 2.45) is 9.98 Å². The molecule has 2 aromatic rings. The van der Waals surface area contributed by atoms with E-state index in [1.165, 1.54) is 17.3 Å². The first kappa shape index (κ1) is 25.6. The maximum Gasteiger partial charge on any atom is 0.429 e. The van der Waals surface area contributed by atoms with Crippen molar-refractivity contribution in [3.8, 4) is 5.69 Å². The number of amides is 1. The number of rotatable bonds is 9. The molecule has 0 bridgehead atoms. The van der Waals surface area contributed by atoms with Crippen LogP contribution in [0.5, 0.6) is 0 Å². The molecule has 1 heterocycles. The number of halogens is 5. The van der Waals surface area contributed by atoms with Crippen molar-refractivity contribution in [2.75, 3.05) is 13.2 Å². The van der Waals surface area contributed by atoms with Crippen LogP contribution in [0.1, 0.15) is 31.1 Å². The van der Waals surface area contributed by atoms with Gasteiger partial charge in [-0.05, 0) is 33.6 Å². The monoisotopic (exact) mass is 472 g/mol. The van der Waals surface area contributed by atoms with Crippen LogP contribution in [0.2, 0.25) is 0 Å². The fourth-order valence-corrected chi connectivity index (χ4v) is 2.72. The molecule has 13 heteroatoms. The Hall–Kier alpha value is -3.64. The van der Waals surface area contributed by atoms with Gasteiger partial charge in [-0.2, -0.15) is 23.4 Å². The number of benzene rings is 1. The highest BCUT2D eigenvalue weighted by atomic mass is 19.4. The molecule has 178 valence electrons. The number of hydrogen-bond acceptors (Lipinski definition) is 6. The van der Waals surface area contributed by atoms with Gasteiger partial charge in [0.2, 0.25) is 5.88 Å². The summed E-state index contributed by atoms with van der Waals surface area (Å²) in [5.74, 6) is -3.03. The Labute approximate surface area is 186 Å². The van der Waals surface area contributed by atoms with Crippen molar-refractivity contribution in [2.45, 2.75) is 33.0 Å². The lowest BCUT2D eigenvalue weighted by molar-refractivity contribution is -0.0592. The van der Waals surface area contributed by atoms with E-state index in [0.717, 1.165) is 24.0 Å². The molecule has 1 aromatic heterocycles. The van der Waals surface area contributed by atoms with Gasteiger partial charge in [0.25, 0.3) is 5.91 Å². The number of likely N-dealkylation sites (N-methyl/N-ethyl adjacent to an activating group) is 1. The third-order valence-corrected chi connectivity index (χ3v) is 4.42. The number of aromatic nitrogens is 3. The Morgan fingerprint density at radius 2 is 1.94 bits per heavy atom. The predicted molar refractivity (Wildman–Crippen MR) is 110 cm³/mol. The summed E-state index contributed by atoms with van der Waals surface area (Å²) in [5, 5.41) is 7.60. The number of hydrogen-bond donors (Lipinski definition) is 0. The second-order valence-corrected chi connectivity index (χ2v) is 6.69. The van der Waals surface area contributed by atoms with Gasteiger partial charge in [0, 0.05) is 12.6 Å². The lowest BCUT2D eigenvalue weighted by atomic mass is 10.1. The average molecular weight is 472 g/mol. The van der Waals surface area contributed by atoms with Crippen LogP contribution in [-0.4, -0.2) is 63.6 Å². The molecule has 8 nitrogen and oxygen atoms in total. The summed E-state index contributed by atoms with van der Waals surface area (Å²) >= 11 is 0. The standard InChI is InChI=1S/C20H21F5N6O2/c1-5-30(12(2)11-33-17(26-4)10-27-13(3)20(23,24)25)19(32)15-8-14(21)9-16(22)18(15)31-28-6-7-29-31/h6-10,12H,4-5,11H2,1-3H3/b17-10+,27-13?/t12-/m0/s1. The van der Waals surface area contributed by atoms with Crippen LogP contribution in [0.25, 0.3) is 5.69 Å². The molecular weight excluding hydrogens is 451 g/mol. The minimum Gasteiger partial charge on any atom is -0.474 e. The summed E-state index contributed by atoms with van der Waals surface area (Å²) in [4.78, 5) is 22.0. The van der Waals surface area contributed by atoms with E-state index in [1.54, 1.807) is 13.8 Å². The normalized spacial score (nSPS) is 13.6. The second kappa shape index (κ2) is 10.8. The Morgan fingerprint density at radius 3 is 2.48 bits per heavy atom. The maximum absolute atomic E-state index is 14.5. The minimum atomic E-state index is -4.61. The van der Waals surface area contributed by atoms with E-state index in [0.29, 0.717) is 6.07 Å². The van der Waals surface area contributed by atoms with Gasteiger partial charge in [0.05, 0.1) is 30.2 Å². The van der Waals surface area contributed by atoms with Gasteiger partial charge in [-0.25, -0.2) is 13.8 Å². The molecule has 0 unspecified atom stereocenters. The van der Waals surface area contributed by atoms with Gasteiger partial charge in [-0.3, -0.25) is 9.79 Å². The molecule has 1 aromatic carbocycles. The lowest BCUT2D eigenvalue weighted by Gasteiger charge is -2.28. The van der Waals surface area contributed by atoms with Gasteiger partial charge < -0.3 is 9.64 Å². The summed E-state index contributed by atoms with van der Waals surface area (Å²) in [6, 6.07) is 0.797. The number of nitrogens with zero attached hydrogens (tertiary/aromatic N) is 6. The molecule has 0 aliphatic heterocycles. The van der Waals surface area contributed by atoms with Crippen molar-refractivity contribution >= 4 is 18.3 Å². The van der Waals surface area contributed by atoms with Crippen molar-refractivity contribution in [1.29, 1.82) is 0 Å². The summed E-state index contributed by atoms with van der Waals surface area (Å²) in [7, 11) is 0. The zero-order valence-electron chi connectivity index (χ0n) is 18.0. The van der Waals surface area contributed by atoms with E-state index in [1.807, 2.05) is 0 Å². The predicted octanol–water partition coefficient (Wildman–Crippen LogP) is 3.94.